The number of benzene rings is 2. The first-order valence-electron chi connectivity index (χ1n) is 16.9. The number of hydrogen-bond donors (Lipinski definition) is 1. The monoisotopic (exact) mass is 631 g/mol. The minimum absolute atomic E-state index is 0.0537. The van der Waals surface area contributed by atoms with Crippen molar-refractivity contribution in [1.82, 2.24) is 10.2 Å². The third kappa shape index (κ3) is 5.53. The molecular formula is C38H43N4O3Si+. The van der Waals surface area contributed by atoms with Crippen molar-refractivity contribution in [1.29, 1.82) is 0 Å². The van der Waals surface area contributed by atoms with Crippen molar-refractivity contribution in [2.45, 2.75) is 51.6 Å². The minimum Gasteiger partial charge on any atom is -0.371 e. The van der Waals surface area contributed by atoms with E-state index in [1.165, 1.54) is 62.8 Å². The van der Waals surface area contributed by atoms with Crippen LogP contribution in [0.4, 0.5) is 5.69 Å². The quantitative estimate of drug-likeness (QED) is 0.178. The highest BCUT2D eigenvalue weighted by molar-refractivity contribution is 6.98. The highest BCUT2D eigenvalue weighted by atomic mass is 28.3. The zero-order valence-electron chi connectivity index (χ0n) is 27.0. The Morgan fingerprint density at radius 3 is 2.35 bits per heavy atom. The number of imide groups is 1. The van der Waals surface area contributed by atoms with Crippen molar-refractivity contribution in [2.24, 2.45) is 0 Å². The molecule has 2 aromatic rings. The van der Waals surface area contributed by atoms with Crippen molar-refractivity contribution >= 4 is 48.0 Å². The van der Waals surface area contributed by atoms with Gasteiger partial charge in [-0.1, -0.05) is 50.2 Å². The molecule has 2 fully saturated rings. The van der Waals surface area contributed by atoms with Gasteiger partial charge in [-0.25, -0.2) is 4.58 Å². The maximum absolute atomic E-state index is 13.8. The largest absolute Gasteiger partial charge is 0.371 e. The smallest absolute Gasteiger partial charge is 0.253 e. The van der Waals surface area contributed by atoms with E-state index in [1.807, 2.05) is 18.2 Å². The van der Waals surface area contributed by atoms with Crippen LogP contribution in [0, 0.1) is 0 Å². The van der Waals surface area contributed by atoms with E-state index in [0.29, 0.717) is 18.7 Å². The Hall–Kier alpha value is -4.30. The van der Waals surface area contributed by atoms with Crippen molar-refractivity contribution in [2.75, 3.05) is 44.2 Å². The van der Waals surface area contributed by atoms with Gasteiger partial charge in [0.15, 0.2) is 5.71 Å². The Morgan fingerprint density at radius 1 is 0.870 bits per heavy atom. The van der Waals surface area contributed by atoms with Crippen LogP contribution in [0.15, 0.2) is 83.6 Å². The fourth-order valence-electron chi connectivity index (χ4n) is 7.25. The van der Waals surface area contributed by atoms with E-state index in [4.69, 9.17) is 0 Å². The van der Waals surface area contributed by atoms with E-state index in [-0.39, 0.29) is 17.7 Å². The minimum atomic E-state index is -2.06. The Balaban J connectivity index is 1.14. The molecule has 4 aliphatic heterocycles. The fourth-order valence-corrected chi connectivity index (χ4v) is 10.3. The molecule has 46 heavy (non-hydrogen) atoms. The lowest BCUT2D eigenvalue weighted by atomic mass is 9.87. The average Bonchev–Trinajstić information content (AvgIpc) is 3.32. The molecule has 1 aliphatic carbocycles. The highest BCUT2D eigenvalue weighted by Gasteiger charge is 2.41. The standard InChI is InChI=1S/C38H42N4O3Si/c1-46(2)33-25-27(40-20-9-21-40)13-15-31(33)37(32-16-14-28(26-34(32)46)41-22-10-23-41)29-11-5-6-12-30(29)38(45)39-19-7-3-4-8-24-42-35(43)17-18-36(42)44/h5-6,11-18,25-26H,3-4,7-10,19-24H2,1-2H3/p+1. The second-order valence-electron chi connectivity index (χ2n) is 13.5. The zero-order valence-corrected chi connectivity index (χ0v) is 28.0. The van der Waals surface area contributed by atoms with Gasteiger partial charge in [0, 0.05) is 61.7 Å². The van der Waals surface area contributed by atoms with Gasteiger partial charge in [-0.2, -0.15) is 0 Å². The Kier molecular flexibility index (Phi) is 8.23. The summed E-state index contributed by atoms with van der Waals surface area (Å²) in [7, 11) is -2.06. The fraction of sp³-hybridized carbons (Fsp3) is 0.368. The van der Waals surface area contributed by atoms with Crippen LogP contribution >= 0.6 is 0 Å². The molecule has 8 heteroatoms. The number of unbranched alkanes of at least 4 members (excludes halogenated alkanes) is 3. The molecule has 236 valence electrons. The number of hydrogen-bond acceptors (Lipinski definition) is 4. The van der Waals surface area contributed by atoms with Crippen LogP contribution in [0.25, 0.3) is 5.57 Å². The van der Waals surface area contributed by atoms with Gasteiger partial charge in [0.2, 0.25) is 0 Å². The second-order valence-corrected chi connectivity index (χ2v) is 17.8. The maximum atomic E-state index is 13.8. The average molecular weight is 632 g/mol. The zero-order chi connectivity index (χ0) is 31.8. The van der Waals surface area contributed by atoms with E-state index in [0.717, 1.165) is 63.0 Å². The lowest BCUT2D eigenvalue weighted by Crippen LogP contribution is -2.50. The van der Waals surface area contributed by atoms with Crippen molar-refractivity contribution in [3.05, 3.63) is 100 Å². The summed E-state index contributed by atoms with van der Waals surface area (Å²) in [5.41, 5.74) is 7.99. The molecule has 5 aliphatic rings. The number of amides is 3. The molecule has 7 nitrogen and oxygen atoms in total. The lowest BCUT2D eigenvalue weighted by molar-refractivity contribution is -0.582. The predicted molar refractivity (Wildman–Crippen MR) is 186 cm³/mol. The normalized spacial score (nSPS) is 19.6. The summed E-state index contributed by atoms with van der Waals surface area (Å²) in [4.78, 5) is 41.0. The molecule has 2 saturated heterocycles. The number of rotatable bonds is 10. The predicted octanol–water partition coefficient (Wildman–Crippen LogP) is 4.74. The van der Waals surface area contributed by atoms with E-state index in [9.17, 15) is 14.4 Å². The first-order valence-corrected chi connectivity index (χ1v) is 19.9. The number of nitrogens with one attached hydrogen (secondary N) is 1. The molecule has 0 spiro atoms. The van der Waals surface area contributed by atoms with E-state index < -0.39 is 8.07 Å². The van der Waals surface area contributed by atoms with Gasteiger partial charge < -0.3 is 10.2 Å². The molecule has 0 saturated carbocycles. The van der Waals surface area contributed by atoms with Crippen molar-refractivity contribution in [3.8, 4) is 0 Å². The number of nitrogens with zero attached hydrogens (tertiary/aromatic N) is 3. The molecular weight excluding hydrogens is 589 g/mol. The van der Waals surface area contributed by atoms with Crippen LogP contribution in [-0.4, -0.2) is 80.3 Å². The molecule has 1 N–H and O–H groups in total. The van der Waals surface area contributed by atoms with E-state index in [2.05, 4.69) is 70.4 Å². The molecule has 7 rings (SSSR count). The molecule has 0 unspecified atom stereocenters. The lowest BCUT2D eigenvalue weighted by Gasteiger charge is -2.40. The van der Waals surface area contributed by atoms with Gasteiger partial charge in [0.05, 0.1) is 6.42 Å². The number of carbonyl (C=O) groups is 3. The van der Waals surface area contributed by atoms with Gasteiger partial charge in [-0.05, 0) is 76.2 Å². The van der Waals surface area contributed by atoms with Crippen LogP contribution in [0.2, 0.25) is 13.1 Å². The van der Waals surface area contributed by atoms with Crippen LogP contribution < -0.4 is 15.4 Å². The van der Waals surface area contributed by atoms with Gasteiger partial charge in [0.1, 0.15) is 21.2 Å². The molecule has 0 aromatic heterocycles. The second kappa shape index (κ2) is 12.5. The summed E-state index contributed by atoms with van der Waals surface area (Å²) in [6.07, 6.45) is 15.6. The molecule has 4 heterocycles. The van der Waals surface area contributed by atoms with E-state index in [1.54, 1.807) is 0 Å². The van der Waals surface area contributed by atoms with Gasteiger partial charge in [-0.3, -0.25) is 19.3 Å². The summed E-state index contributed by atoms with van der Waals surface area (Å²) in [6, 6.07) is 15.1. The van der Waals surface area contributed by atoms with Gasteiger partial charge in [-0.15, -0.1) is 0 Å². The number of fused-ring (bicyclic) bond motifs is 2. The number of allylic oxidation sites excluding steroid dienone is 5. The molecule has 0 atom stereocenters. The van der Waals surface area contributed by atoms with E-state index >= 15 is 0 Å². The first kappa shape index (κ1) is 30.4. The van der Waals surface area contributed by atoms with Crippen LogP contribution in [-0.2, 0) is 9.59 Å². The highest BCUT2D eigenvalue weighted by Crippen LogP contribution is 2.43. The maximum Gasteiger partial charge on any atom is 0.253 e. The summed E-state index contributed by atoms with van der Waals surface area (Å²) in [5, 5.41) is 6.08. The SMILES string of the molecule is C[Si]1(C)C2=CC(=[N+]3CCC3)C=CC2=C(c2ccccc2C(=O)NCCCCCCN2C(=O)C=CC2=O)c2ccc(N3CCC3)cc21. The third-order valence-electron chi connectivity index (χ3n) is 10.3. The van der Waals surface area contributed by atoms with Crippen molar-refractivity contribution < 1.29 is 19.0 Å². The Morgan fingerprint density at radius 2 is 1.63 bits per heavy atom. The summed E-state index contributed by atoms with van der Waals surface area (Å²) in [6.45, 7) is 10.5. The number of carbonyl (C=O) groups excluding carboxylic acids is 3. The van der Waals surface area contributed by atoms with Gasteiger partial charge in [0.25, 0.3) is 17.7 Å². The van der Waals surface area contributed by atoms with Crippen LogP contribution in [0.1, 0.15) is 60.0 Å². The Bertz CT molecular complexity index is 1750. The molecule has 3 amide bonds. The van der Waals surface area contributed by atoms with Crippen LogP contribution in [0.3, 0.4) is 0 Å². The summed E-state index contributed by atoms with van der Waals surface area (Å²) < 4.78 is 2.47. The molecule has 2 aromatic carbocycles. The van der Waals surface area contributed by atoms with Crippen LogP contribution in [0.5, 0.6) is 0 Å². The summed E-state index contributed by atoms with van der Waals surface area (Å²) >= 11 is 0. The Labute approximate surface area is 272 Å². The number of anilines is 1. The molecule has 0 bridgehead atoms. The topological polar surface area (TPSA) is 72.7 Å². The first-order chi connectivity index (χ1) is 22.3. The molecule has 0 radical (unpaired) electrons. The van der Waals surface area contributed by atoms with Gasteiger partial charge >= 0.3 is 0 Å². The third-order valence-corrected chi connectivity index (χ3v) is 13.8. The van der Waals surface area contributed by atoms with Crippen molar-refractivity contribution in [3.63, 3.8) is 0 Å². The summed E-state index contributed by atoms with van der Waals surface area (Å²) in [5.74, 6) is -0.505.